The second kappa shape index (κ2) is 7.97. The first kappa shape index (κ1) is 17.9. The van der Waals surface area contributed by atoms with E-state index >= 15 is 0 Å². The molecule has 1 atom stereocenters. The summed E-state index contributed by atoms with van der Waals surface area (Å²) in [5, 5.41) is 14.8. The first-order valence-electron chi connectivity index (χ1n) is 8.54. The Bertz CT molecular complexity index is 774. The summed E-state index contributed by atoms with van der Waals surface area (Å²) in [6.45, 7) is 3.31. The van der Waals surface area contributed by atoms with Gasteiger partial charge in [-0.3, -0.25) is 14.9 Å². The van der Waals surface area contributed by atoms with Crippen LogP contribution in [0.2, 0.25) is 0 Å². The molecule has 0 radical (unpaired) electrons. The highest BCUT2D eigenvalue weighted by molar-refractivity contribution is 5.92. The second-order valence-corrected chi connectivity index (χ2v) is 6.42. The Morgan fingerprint density at radius 2 is 2.04 bits per heavy atom. The SMILES string of the molecule is Cc1ccc(CN2CC[C@@H](NCC(=O)Nc3ccc(O)cn3)C2=O)cc1. The number of carbonyl (C=O) groups excluding carboxylic acids is 2. The number of aryl methyl sites for hydroxylation is 1. The largest absolute Gasteiger partial charge is 0.506 e. The Hall–Kier alpha value is -2.93. The molecule has 26 heavy (non-hydrogen) atoms. The van der Waals surface area contributed by atoms with Crippen molar-refractivity contribution in [1.82, 2.24) is 15.2 Å². The number of amides is 2. The van der Waals surface area contributed by atoms with E-state index in [0.717, 1.165) is 5.56 Å². The van der Waals surface area contributed by atoms with Gasteiger partial charge in [0.05, 0.1) is 18.8 Å². The van der Waals surface area contributed by atoms with Gasteiger partial charge in [0.1, 0.15) is 11.6 Å². The van der Waals surface area contributed by atoms with Crippen molar-refractivity contribution in [3.8, 4) is 5.75 Å². The zero-order chi connectivity index (χ0) is 18.5. The maximum atomic E-state index is 12.5. The standard InChI is InChI=1S/C19H22N4O3/c1-13-2-4-14(5-3-13)12-23-9-8-16(19(23)26)20-11-18(25)22-17-7-6-15(24)10-21-17/h2-7,10,16,20,24H,8-9,11-12H2,1H3,(H,21,22,25)/t16-/m1/s1. The van der Waals surface area contributed by atoms with Crippen LogP contribution >= 0.6 is 0 Å². The van der Waals surface area contributed by atoms with Gasteiger partial charge in [0.25, 0.3) is 0 Å². The van der Waals surface area contributed by atoms with Crippen molar-refractivity contribution < 1.29 is 14.7 Å². The van der Waals surface area contributed by atoms with E-state index in [9.17, 15) is 14.7 Å². The Balaban J connectivity index is 1.46. The van der Waals surface area contributed by atoms with Crippen LogP contribution in [0.4, 0.5) is 5.82 Å². The molecule has 2 heterocycles. The number of aromatic hydroxyl groups is 1. The minimum atomic E-state index is -0.348. The molecule has 1 saturated heterocycles. The summed E-state index contributed by atoms with van der Waals surface area (Å²) in [7, 11) is 0. The van der Waals surface area contributed by atoms with Gasteiger partial charge in [-0.1, -0.05) is 29.8 Å². The fourth-order valence-corrected chi connectivity index (χ4v) is 2.86. The van der Waals surface area contributed by atoms with Gasteiger partial charge in [-0.15, -0.1) is 0 Å². The lowest BCUT2D eigenvalue weighted by molar-refractivity contribution is -0.130. The molecule has 2 aromatic rings. The number of rotatable bonds is 6. The van der Waals surface area contributed by atoms with E-state index in [4.69, 9.17) is 0 Å². The summed E-state index contributed by atoms with van der Waals surface area (Å²) in [5.74, 6) is 0.119. The van der Waals surface area contributed by atoms with Crippen LogP contribution in [-0.2, 0) is 16.1 Å². The summed E-state index contributed by atoms with van der Waals surface area (Å²) >= 11 is 0. The highest BCUT2D eigenvalue weighted by Crippen LogP contribution is 2.16. The lowest BCUT2D eigenvalue weighted by atomic mass is 10.1. The van der Waals surface area contributed by atoms with Gasteiger partial charge in [0.15, 0.2) is 0 Å². The first-order valence-corrected chi connectivity index (χ1v) is 8.54. The van der Waals surface area contributed by atoms with E-state index in [2.05, 4.69) is 15.6 Å². The zero-order valence-electron chi connectivity index (χ0n) is 14.6. The van der Waals surface area contributed by atoms with E-state index in [0.29, 0.717) is 25.3 Å². The molecule has 1 fully saturated rings. The number of pyridine rings is 1. The number of nitrogens with one attached hydrogen (secondary N) is 2. The van der Waals surface area contributed by atoms with Crippen LogP contribution in [0.5, 0.6) is 5.75 Å². The third-order valence-corrected chi connectivity index (χ3v) is 4.32. The predicted molar refractivity (Wildman–Crippen MR) is 97.5 cm³/mol. The van der Waals surface area contributed by atoms with Crippen molar-refractivity contribution in [3.63, 3.8) is 0 Å². The fourth-order valence-electron chi connectivity index (χ4n) is 2.86. The molecule has 1 aromatic carbocycles. The third kappa shape index (κ3) is 4.58. The Labute approximate surface area is 152 Å². The number of nitrogens with zero attached hydrogens (tertiary/aromatic N) is 2. The molecule has 1 aromatic heterocycles. The monoisotopic (exact) mass is 354 g/mol. The molecular formula is C19H22N4O3. The van der Waals surface area contributed by atoms with Crippen molar-refractivity contribution in [2.45, 2.75) is 25.9 Å². The van der Waals surface area contributed by atoms with Gasteiger partial charge in [-0.05, 0) is 31.0 Å². The minimum absolute atomic E-state index is 0.0149. The summed E-state index contributed by atoms with van der Waals surface area (Å²) in [6, 6.07) is 10.7. The molecule has 0 bridgehead atoms. The maximum absolute atomic E-state index is 12.5. The topological polar surface area (TPSA) is 94.6 Å². The van der Waals surface area contributed by atoms with E-state index in [1.807, 2.05) is 36.1 Å². The molecule has 7 heteroatoms. The Morgan fingerprint density at radius 3 is 2.73 bits per heavy atom. The average Bonchev–Trinajstić information content (AvgIpc) is 2.97. The van der Waals surface area contributed by atoms with E-state index in [1.54, 1.807) is 0 Å². The van der Waals surface area contributed by atoms with Crippen LogP contribution in [0.25, 0.3) is 0 Å². The zero-order valence-corrected chi connectivity index (χ0v) is 14.6. The van der Waals surface area contributed by atoms with E-state index in [-0.39, 0.29) is 30.2 Å². The quantitative estimate of drug-likeness (QED) is 0.729. The molecule has 0 aliphatic carbocycles. The van der Waals surface area contributed by atoms with Crippen LogP contribution in [0.3, 0.4) is 0 Å². The Morgan fingerprint density at radius 1 is 1.27 bits per heavy atom. The number of likely N-dealkylation sites (tertiary alicyclic amines) is 1. The molecule has 3 rings (SSSR count). The molecule has 0 unspecified atom stereocenters. The van der Waals surface area contributed by atoms with Crippen molar-refractivity contribution in [2.24, 2.45) is 0 Å². The molecule has 3 N–H and O–H groups in total. The van der Waals surface area contributed by atoms with E-state index < -0.39 is 0 Å². The molecule has 0 saturated carbocycles. The summed E-state index contributed by atoms with van der Waals surface area (Å²) in [4.78, 5) is 30.1. The van der Waals surface area contributed by atoms with Crippen LogP contribution in [-0.4, -0.2) is 45.9 Å². The summed E-state index contributed by atoms with van der Waals surface area (Å²) in [6.07, 6.45) is 1.93. The van der Waals surface area contributed by atoms with Gasteiger partial charge in [-0.2, -0.15) is 0 Å². The number of anilines is 1. The van der Waals surface area contributed by atoms with Gasteiger partial charge in [0.2, 0.25) is 11.8 Å². The van der Waals surface area contributed by atoms with Crippen molar-refractivity contribution in [1.29, 1.82) is 0 Å². The van der Waals surface area contributed by atoms with Crippen LogP contribution in [0.15, 0.2) is 42.6 Å². The average molecular weight is 354 g/mol. The molecule has 1 aliphatic rings. The van der Waals surface area contributed by atoms with Crippen LogP contribution in [0, 0.1) is 6.92 Å². The molecule has 0 spiro atoms. The number of hydrogen-bond donors (Lipinski definition) is 3. The van der Waals surface area contributed by atoms with Crippen LogP contribution < -0.4 is 10.6 Å². The van der Waals surface area contributed by atoms with Crippen molar-refractivity contribution in [3.05, 3.63) is 53.7 Å². The highest BCUT2D eigenvalue weighted by atomic mass is 16.3. The van der Waals surface area contributed by atoms with Gasteiger partial charge < -0.3 is 15.3 Å². The van der Waals surface area contributed by atoms with Gasteiger partial charge in [0, 0.05) is 13.1 Å². The van der Waals surface area contributed by atoms with Crippen molar-refractivity contribution in [2.75, 3.05) is 18.4 Å². The first-order chi connectivity index (χ1) is 12.5. The van der Waals surface area contributed by atoms with Crippen LogP contribution in [0.1, 0.15) is 17.5 Å². The lowest BCUT2D eigenvalue weighted by Crippen LogP contribution is -2.41. The fraction of sp³-hybridized carbons (Fsp3) is 0.316. The van der Waals surface area contributed by atoms with Crippen molar-refractivity contribution >= 4 is 17.6 Å². The number of hydrogen-bond acceptors (Lipinski definition) is 5. The predicted octanol–water partition coefficient (Wildman–Crippen LogP) is 1.42. The number of benzene rings is 1. The summed E-state index contributed by atoms with van der Waals surface area (Å²) in [5.41, 5.74) is 2.29. The minimum Gasteiger partial charge on any atom is -0.506 e. The highest BCUT2D eigenvalue weighted by Gasteiger charge is 2.31. The molecule has 1 aliphatic heterocycles. The number of aromatic nitrogens is 1. The second-order valence-electron chi connectivity index (χ2n) is 6.42. The normalized spacial score (nSPS) is 16.7. The third-order valence-electron chi connectivity index (χ3n) is 4.32. The van der Waals surface area contributed by atoms with Gasteiger partial charge in [-0.25, -0.2) is 4.98 Å². The molecule has 7 nitrogen and oxygen atoms in total. The molecule has 2 amide bonds. The maximum Gasteiger partial charge on any atom is 0.240 e. The number of carbonyl (C=O) groups is 2. The van der Waals surface area contributed by atoms with E-state index in [1.165, 1.54) is 23.9 Å². The summed E-state index contributed by atoms with van der Waals surface area (Å²) < 4.78 is 0. The molecule has 136 valence electrons. The van der Waals surface area contributed by atoms with Gasteiger partial charge >= 0.3 is 0 Å². The Kier molecular flexibility index (Phi) is 5.48. The lowest BCUT2D eigenvalue weighted by Gasteiger charge is -2.17. The molecular weight excluding hydrogens is 332 g/mol. The smallest absolute Gasteiger partial charge is 0.240 e.